The van der Waals surface area contributed by atoms with Gasteiger partial charge in [0.25, 0.3) is 5.91 Å². The van der Waals surface area contributed by atoms with Crippen LogP contribution in [0.5, 0.6) is 0 Å². The number of hydrogen-bond acceptors (Lipinski definition) is 3. The zero-order valence-corrected chi connectivity index (χ0v) is 13.7. The summed E-state index contributed by atoms with van der Waals surface area (Å²) in [6.07, 6.45) is 3.06. The molecule has 6 heteroatoms. The van der Waals surface area contributed by atoms with Crippen LogP contribution >= 0.6 is 12.4 Å². The van der Waals surface area contributed by atoms with Crippen LogP contribution in [0.15, 0.2) is 30.3 Å². The van der Waals surface area contributed by atoms with Crippen LogP contribution in [-0.2, 0) is 12.8 Å². The van der Waals surface area contributed by atoms with E-state index in [0.29, 0.717) is 11.6 Å². The van der Waals surface area contributed by atoms with E-state index in [2.05, 4.69) is 15.7 Å². The fraction of sp³-hybridized carbons (Fsp3) is 0.412. The summed E-state index contributed by atoms with van der Waals surface area (Å²) >= 11 is 0. The van der Waals surface area contributed by atoms with Gasteiger partial charge in [0, 0.05) is 36.8 Å². The molecule has 2 heterocycles. The molecule has 1 saturated heterocycles. The number of carbonyl (C=O) groups excluding carboxylic acids is 1. The molecule has 1 amide bonds. The van der Waals surface area contributed by atoms with E-state index in [9.17, 15) is 4.79 Å². The summed E-state index contributed by atoms with van der Waals surface area (Å²) < 4.78 is 1.95. The summed E-state index contributed by atoms with van der Waals surface area (Å²) in [5, 5.41) is 10.9. The molecule has 0 bridgehead atoms. The van der Waals surface area contributed by atoms with Crippen LogP contribution < -0.4 is 10.6 Å². The molecule has 1 fully saturated rings. The van der Waals surface area contributed by atoms with Gasteiger partial charge in [0.2, 0.25) is 0 Å². The van der Waals surface area contributed by atoms with E-state index in [1.807, 2.05) is 35.0 Å². The largest absolute Gasteiger partial charge is 0.350 e. The number of rotatable bonds is 4. The molecule has 2 N–H and O–H groups in total. The predicted octanol–water partition coefficient (Wildman–Crippen LogP) is 1.73. The zero-order chi connectivity index (χ0) is 14.9. The Balaban J connectivity index is 0.00000156. The Morgan fingerprint density at radius 1 is 1.26 bits per heavy atom. The molecule has 2 aliphatic rings. The lowest BCUT2D eigenvalue weighted by atomic mass is 10.0. The molecule has 1 aromatic heterocycles. The molecule has 0 atom stereocenters. The molecule has 0 radical (unpaired) electrons. The van der Waals surface area contributed by atoms with Crippen LogP contribution in [0.25, 0.3) is 5.69 Å². The van der Waals surface area contributed by atoms with Crippen LogP contribution in [0.3, 0.4) is 0 Å². The van der Waals surface area contributed by atoms with Gasteiger partial charge in [0.05, 0.1) is 5.69 Å². The Labute approximate surface area is 141 Å². The van der Waals surface area contributed by atoms with Crippen molar-refractivity contribution in [1.82, 2.24) is 20.4 Å². The average molecular weight is 333 g/mol. The number of amides is 1. The number of nitrogens with one attached hydrogen (secondary N) is 2. The molecule has 5 nitrogen and oxygen atoms in total. The standard InChI is InChI=1S/C17H20N4O.ClH/c22-17(19-11-12-9-18-10-12)16-14-7-4-8-15(14)21(20-16)13-5-2-1-3-6-13;/h1-3,5-6,12,18H,4,7-11H2,(H,19,22);1H. The molecule has 1 aromatic carbocycles. The van der Waals surface area contributed by atoms with Crippen LogP contribution in [0.1, 0.15) is 28.2 Å². The lowest BCUT2D eigenvalue weighted by molar-refractivity contribution is 0.0936. The van der Waals surface area contributed by atoms with Crippen LogP contribution in [0.4, 0.5) is 0 Å². The first-order chi connectivity index (χ1) is 10.8. The van der Waals surface area contributed by atoms with Crippen molar-refractivity contribution in [2.45, 2.75) is 19.3 Å². The quantitative estimate of drug-likeness (QED) is 0.896. The third-order valence-corrected chi connectivity index (χ3v) is 4.56. The maximum Gasteiger partial charge on any atom is 0.272 e. The smallest absolute Gasteiger partial charge is 0.272 e. The normalized spacial score (nSPS) is 16.3. The van der Waals surface area contributed by atoms with E-state index in [-0.39, 0.29) is 18.3 Å². The second-order valence-electron chi connectivity index (χ2n) is 6.11. The van der Waals surface area contributed by atoms with Gasteiger partial charge < -0.3 is 10.6 Å². The Kier molecular flexibility index (Phi) is 4.68. The van der Waals surface area contributed by atoms with Crippen LogP contribution in [0.2, 0.25) is 0 Å². The molecule has 122 valence electrons. The third kappa shape index (κ3) is 2.99. The molecular weight excluding hydrogens is 312 g/mol. The predicted molar refractivity (Wildman–Crippen MR) is 91.5 cm³/mol. The van der Waals surface area contributed by atoms with E-state index in [1.54, 1.807) is 0 Å². The van der Waals surface area contributed by atoms with Gasteiger partial charge in [-0.3, -0.25) is 4.79 Å². The van der Waals surface area contributed by atoms with Crippen molar-refractivity contribution in [2.75, 3.05) is 19.6 Å². The first-order valence-electron chi connectivity index (χ1n) is 7.98. The van der Waals surface area contributed by atoms with E-state index < -0.39 is 0 Å². The molecule has 0 saturated carbocycles. The Hall–Kier alpha value is -1.85. The average Bonchev–Trinajstić information content (AvgIpc) is 3.08. The first kappa shape index (κ1) is 16.0. The SMILES string of the molecule is Cl.O=C(NCC1CNC1)c1nn(-c2ccccc2)c2c1CCC2. The Morgan fingerprint density at radius 2 is 2.04 bits per heavy atom. The number of para-hydroxylation sites is 1. The highest BCUT2D eigenvalue weighted by Crippen LogP contribution is 2.27. The van der Waals surface area contributed by atoms with E-state index in [1.165, 1.54) is 5.69 Å². The lowest BCUT2D eigenvalue weighted by Gasteiger charge is -2.26. The van der Waals surface area contributed by atoms with Crippen LogP contribution in [-0.4, -0.2) is 35.3 Å². The van der Waals surface area contributed by atoms with Gasteiger partial charge in [0.15, 0.2) is 5.69 Å². The topological polar surface area (TPSA) is 59.0 Å². The highest BCUT2D eigenvalue weighted by Gasteiger charge is 2.27. The molecule has 1 aliphatic heterocycles. The molecule has 0 spiro atoms. The van der Waals surface area contributed by atoms with Crippen molar-refractivity contribution in [2.24, 2.45) is 5.92 Å². The molecule has 0 unspecified atom stereocenters. The lowest BCUT2D eigenvalue weighted by Crippen LogP contribution is -2.48. The maximum atomic E-state index is 12.5. The molecule has 23 heavy (non-hydrogen) atoms. The summed E-state index contributed by atoms with van der Waals surface area (Å²) in [7, 11) is 0. The highest BCUT2D eigenvalue weighted by atomic mass is 35.5. The highest BCUT2D eigenvalue weighted by molar-refractivity contribution is 5.94. The minimum atomic E-state index is -0.0280. The van der Waals surface area contributed by atoms with Crippen molar-refractivity contribution in [3.8, 4) is 5.69 Å². The minimum Gasteiger partial charge on any atom is -0.350 e. The van der Waals surface area contributed by atoms with Gasteiger partial charge in [-0.05, 0) is 31.4 Å². The van der Waals surface area contributed by atoms with Gasteiger partial charge in [-0.15, -0.1) is 12.4 Å². The Morgan fingerprint density at radius 3 is 2.74 bits per heavy atom. The Bertz CT molecular complexity index is 694. The number of halogens is 1. The van der Waals surface area contributed by atoms with E-state index in [0.717, 1.165) is 50.1 Å². The maximum absolute atomic E-state index is 12.5. The number of hydrogen-bond donors (Lipinski definition) is 2. The van der Waals surface area contributed by atoms with Crippen molar-refractivity contribution in [3.05, 3.63) is 47.3 Å². The number of nitrogens with zero attached hydrogens (tertiary/aromatic N) is 2. The first-order valence-corrected chi connectivity index (χ1v) is 7.98. The van der Waals surface area contributed by atoms with Crippen molar-refractivity contribution in [3.63, 3.8) is 0 Å². The summed E-state index contributed by atoms with van der Waals surface area (Å²) in [5.74, 6) is 0.535. The van der Waals surface area contributed by atoms with Gasteiger partial charge in [-0.2, -0.15) is 5.10 Å². The zero-order valence-electron chi connectivity index (χ0n) is 12.9. The van der Waals surface area contributed by atoms with E-state index >= 15 is 0 Å². The monoisotopic (exact) mass is 332 g/mol. The van der Waals surface area contributed by atoms with E-state index in [4.69, 9.17) is 0 Å². The number of benzene rings is 1. The van der Waals surface area contributed by atoms with Crippen LogP contribution in [0, 0.1) is 5.92 Å². The summed E-state index contributed by atoms with van der Waals surface area (Å²) in [6.45, 7) is 2.73. The number of carbonyl (C=O) groups is 1. The second-order valence-corrected chi connectivity index (χ2v) is 6.11. The number of fused-ring (bicyclic) bond motifs is 1. The minimum absolute atomic E-state index is 0. The second kappa shape index (κ2) is 6.72. The van der Waals surface area contributed by atoms with Crippen molar-refractivity contribution >= 4 is 18.3 Å². The summed E-state index contributed by atoms with van der Waals surface area (Å²) in [6, 6.07) is 10.1. The molecule has 2 aromatic rings. The fourth-order valence-corrected chi connectivity index (χ4v) is 3.22. The number of aromatic nitrogens is 2. The summed E-state index contributed by atoms with van der Waals surface area (Å²) in [4.78, 5) is 12.5. The fourth-order valence-electron chi connectivity index (χ4n) is 3.22. The summed E-state index contributed by atoms with van der Waals surface area (Å²) in [5.41, 5.74) is 3.97. The van der Waals surface area contributed by atoms with Crippen molar-refractivity contribution in [1.29, 1.82) is 0 Å². The van der Waals surface area contributed by atoms with Gasteiger partial charge in [0.1, 0.15) is 0 Å². The molecule has 4 rings (SSSR count). The molecule has 1 aliphatic carbocycles. The van der Waals surface area contributed by atoms with Crippen molar-refractivity contribution < 1.29 is 4.79 Å². The van der Waals surface area contributed by atoms with Gasteiger partial charge >= 0.3 is 0 Å². The van der Waals surface area contributed by atoms with Gasteiger partial charge in [-0.1, -0.05) is 18.2 Å². The van der Waals surface area contributed by atoms with Gasteiger partial charge in [-0.25, -0.2) is 4.68 Å². The third-order valence-electron chi connectivity index (χ3n) is 4.56. The molecular formula is C17H21ClN4O.